The third-order valence-corrected chi connectivity index (χ3v) is 2.67. The molecule has 0 fully saturated rings. The van der Waals surface area contributed by atoms with Crippen LogP contribution in [0.4, 0.5) is 0 Å². The number of Topliss-reactive ketones (excluding diaryl/α,β-unsaturated/α-hetero) is 2. The number of aliphatic hydroxyl groups excluding tert-OH is 4. The number of esters is 1. The third-order valence-electron chi connectivity index (χ3n) is 2.67. The summed E-state index contributed by atoms with van der Waals surface area (Å²) in [5.41, 5.74) is 10.6. The highest BCUT2D eigenvalue weighted by molar-refractivity contribution is 6.38. The largest absolute Gasteiger partial charge is 0.456 e. The number of carbonyl (C=O) groups excluding carboxylic acids is 3. The van der Waals surface area contributed by atoms with Crippen LogP contribution in [0, 0.1) is 0 Å². The van der Waals surface area contributed by atoms with Crippen LogP contribution >= 0.6 is 0 Å². The highest BCUT2D eigenvalue weighted by atomic mass is 16.6. The highest BCUT2D eigenvalue weighted by Gasteiger charge is 2.39. The van der Waals surface area contributed by atoms with E-state index in [9.17, 15) is 24.6 Å². The number of hydrogen-bond acceptors (Lipinski definition) is 10. The van der Waals surface area contributed by atoms with E-state index in [0.29, 0.717) is 0 Å². The average molecular weight is 308 g/mol. The lowest BCUT2D eigenvalue weighted by Crippen LogP contribution is -2.57. The predicted molar refractivity (Wildman–Crippen MR) is 67.7 cm³/mol. The van der Waals surface area contributed by atoms with Crippen molar-refractivity contribution < 1.29 is 39.5 Å². The summed E-state index contributed by atoms with van der Waals surface area (Å²) in [4.78, 5) is 34.0. The second kappa shape index (κ2) is 8.77. The number of rotatable bonds is 9. The van der Waals surface area contributed by atoms with Gasteiger partial charge in [0.05, 0.1) is 13.2 Å². The molecule has 10 heteroatoms. The predicted octanol–water partition coefficient (Wildman–Crippen LogP) is -4.58. The molecule has 0 rings (SSSR count). The monoisotopic (exact) mass is 308 g/mol. The van der Waals surface area contributed by atoms with Crippen molar-refractivity contribution >= 4 is 17.5 Å². The first kappa shape index (κ1) is 19.6. The first-order valence-electron chi connectivity index (χ1n) is 6.01. The van der Waals surface area contributed by atoms with Gasteiger partial charge in [0, 0.05) is 6.92 Å². The molecule has 0 aromatic heterocycles. The molecule has 0 spiro atoms. The summed E-state index contributed by atoms with van der Waals surface area (Å²) < 4.78 is 4.68. The van der Waals surface area contributed by atoms with E-state index in [1.54, 1.807) is 0 Å². The maximum Gasteiger partial charge on any atom is 0.325 e. The minimum Gasteiger partial charge on any atom is -0.456 e. The number of carbonyl (C=O) groups is 3. The second-order valence-corrected chi connectivity index (χ2v) is 4.38. The first-order valence-corrected chi connectivity index (χ1v) is 6.01. The van der Waals surface area contributed by atoms with Crippen LogP contribution in [0.5, 0.6) is 0 Å². The lowest BCUT2D eigenvalue weighted by Gasteiger charge is -2.29. The van der Waals surface area contributed by atoms with Gasteiger partial charge in [0.25, 0.3) is 0 Å². The Morgan fingerprint density at radius 3 is 2.00 bits per heavy atom. The van der Waals surface area contributed by atoms with Crippen molar-refractivity contribution in [2.75, 3.05) is 13.2 Å². The van der Waals surface area contributed by atoms with Gasteiger partial charge in [-0.2, -0.15) is 0 Å². The summed E-state index contributed by atoms with van der Waals surface area (Å²) in [5, 5.41) is 36.6. The van der Waals surface area contributed by atoms with Gasteiger partial charge in [-0.3, -0.25) is 14.4 Å². The average Bonchev–Trinajstić information content (AvgIpc) is 2.48. The Kier molecular flexibility index (Phi) is 8.17. The fourth-order valence-electron chi connectivity index (χ4n) is 1.36. The van der Waals surface area contributed by atoms with Gasteiger partial charge in [0.2, 0.25) is 5.78 Å². The minimum absolute atomic E-state index is 0.764. The van der Waals surface area contributed by atoms with Crippen LogP contribution in [-0.2, 0) is 19.1 Å². The Labute approximate surface area is 120 Å². The van der Waals surface area contributed by atoms with E-state index >= 15 is 0 Å². The van der Waals surface area contributed by atoms with Gasteiger partial charge in [-0.25, -0.2) is 0 Å². The van der Waals surface area contributed by atoms with E-state index in [1.165, 1.54) is 0 Å². The van der Waals surface area contributed by atoms with Crippen LogP contribution in [0.2, 0.25) is 0 Å². The van der Waals surface area contributed by atoms with Crippen LogP contribution in [0.15, 0.2) is 0 Å². The molecule has 0 saturated heterocycles. The Morgan fingerprint density at radius 2 is 1.62 bits per heavy atom. The highest BCUT2D eigenvalue weighted by Crippen LogP contribution is 2.11. The fraction of sp³-hybridized carbons (Fsp3) is 0.727. The molecular formula is C11H20N2O8. The number of hydrogen-bond donors (Lipinski definition) is 6. The number of aliphatic hydroxyl groups is 4. The zero-order valence-corrected chi connectivity index (χ0v) is 11.4. The Balaban J connectivity index is 5.23. The first-order chi connectivity index (χ1) is 9.67. The van der Waals surface area contributed by atoms with Gasteiger partial charge in [-0.05, 0) is 0 Å². The molecule has 21 heavy (non-hydrogen) atoms. The quantitative estimate of drug-likeness (QED) is 0.178. The second-order valence-electron chi connectivity index (χ2n) is 4.38. The van der Waals surface area contributed by atoms with E-state index in [4.69, 9.17) is 21.7 Å². The Hall–Kier alpha value is -1.43. The summed E-state index contributed by atoms with van der Waals surface area (Å²) in [6.45, 7) is -0.738. The van der Waals surface area contributed by atoms with E-state index in [-0.39, 0.29) is 0 Å². The van der Waals surface area contributed by atoms with Crippen molar-refractivity contribution in [3.05, 3.63) is 0 Å². The minimum atomic E-state index is -1.93. The van der Waals surface area contributed by atoms with Gasteiger partial charge in [-0.1, -0.05) is 0 Å². The number of nitrogens with two attached hydrogens (primary N) is 2. The normalized spacial score (nSPS) is 18.2. The van der Waals surface area contributed by atoms with Crippen molar-refractivity contribution in [1.29, 1.82) is 0 Å². The lowest BCUT2D eigenvalue weighted by atomic mass is 9.96. The third kappa shape index (κ3) is 5.46. The number of ether oxygens (including phenoxy) is 1. The fourth-order valence-corrected chi connectivity index (χ4v) is 1.36. The SMILES string of the molecule is CC(=O)C(=O)[C@H](N)[C@@H](OC(=O)[C@@H](N)CO)[C@@H](O)[C@H](O)CO. The molecule has 0 bridgehead atoms. The molecule has 0 saturated carbocycles. The zero-order chi connectivity index (χ0) is 16.7. The van der Waals surface area contributed by atoms with Crippen LogP contribution < -0.4 is 11.5 Å². The van der Waals surface area contributed by atoms with Gasteiger partial charge < -0.3 is 36.6 Å². The summed E-state index contributed by atoms with van der Waals surface area (Å²) in [7, 11) is 0. The summed E-state index contributed by atoms with van der Waals surface area (Å²) in [5.74, 6) is -3.28. The van der Waals surface area contributed by atoms with Gasteiger partial charge in [0.15, 0.2) is 11.9 Å². The molecular weight excluding hydrogens is 288 g/mol. The van der Waals surface area contributed by atoms with Crippen LogP contribution in [0.1, 0.15) is 6.92 Å². The summed E-state index contributed by atoms with van der Waals surface area (Å²) >= 11 is 0. The van der Waals surface area contributed by atoms with Gasteiger partial charge in [0.1, 0.15) is 24.3 Å². The molecule has 0 unspecified atom stereocenters. The molecule has 0 radical (unpaired) electrons. The van der Waals surface area contributed by atoms with Crippen LogP contribution in [0.25, 0.3) is 0 Å². The number of ketones is 2. The molecule has 0 amide bonds. The topological polar surface area (TPSA) is 193 Å². The molecule has 0 aliphatic heterocycles. The van der Waals surface area contributed by atoms with Crippen LogP contribution in [0.3, 0.4) is 0 Å². The van der Waals surface area contributed by atoms with Crippen molar-refractivity contribution in [1.82, 2.24) is 0 Å². The van der Waals surface area contributed by atoms with Gasteiger partial charge >= 0.3 is 5.97 Å². The molecule has 0 aliphatic carbocycles. The molecule has 122 valence electrons. The van der Waals surface area contributed by atoms with Crippen molar-refractivity contribution in [3.63, 3.8) is 0 Å². The van der Waals surface area contributed by atoms with E-state index in [2.05, 4.69) is 4.74 Å². The van der Waals surface area contributed by atoms with E-state index < -0.39 is 61.1 Å². The Bertz CT molecular complexity index is 388. The molecule has 0 aromatic carbocycles. The zero-order valence-electron chi connectivity index (χ0n) is 11.4. The van der Waals surface area contributed by atoms with Crippen molar-refractivity contribution in [3.8, 4) is 0 Å². The molecule has 5 atom stereocenters. The van der Waals surface area contributed by atoms with Crippen LogP contribution in [-0.4, -0.2) is 81.6 Å². The maximum absolute atomic E-state index is 11.5. The Morgan fingerprint density at radius 1 is 1.10 bits per heavy atom. The van der Waals surface area contributed by atoms with Crippen molar-refractivity contribution in [2.24, 2.45) is 11.5 Å². The molecule has 0 aromatic rings. The van der Waals surface area contributed by atoms with Crippen molar-refractivity contribution in [2.45, 2.75) is 37.3 Å². The molecule has 0 aliphatic rings. The summed E-state index contributed by atoms with van der Waals surface area (Å²) in [6.07, 6.45) is -5.50. The maximum atomic E-state index is 11.5. The lowest BCUT2D eigenvalue weighted by molar-refractivity contribution is -0.168. The molecule has 10 nitrogen and oxygen atoms in total. The smallest absolute Gasteiger partial charge is 0.325 e. The van der Waals surface area contributed by atoms with Gasteiger partial charge in [-0.15, -0.1) is 0 Å². The molecule has 8 N–H and O–H groups in total. The van der Waals surface area contributed by atoms with E-state index in [0.717, 1.165) is 6.92 Å². The standard InChI is InChI=1S/C11H20N2O8/c1-4(16)8(18)7(13)10(9(19)6(17)3-15)21-11(20)5(12)2-14/h5-7,9-10,14-15,17,19H,2-3,12-13H2,1H3/t5-,6+,7-,9-,10+/m0/s1. The summed E-state index contributed by atoms with van der Waals surface area (Å²) in [6, 6.07) is -3.21. The molecule has 0 heterocycles. The van der Waals surface area contributed by atoms with E-state index in [1.807, 2.05) is 0 Å².